The lowest BCUT2D eigenvalue weighted by Crippen LogP contribution is -2.20. The minimum absolute atomic E-state index is 0.248. The molecular formula is C19H21NO7. The standard InChI is InChI=1S/C19H21NO7/c1-23-14-8-6-13(10-17(14)25-3)20-18(21)11-27-15-7-5-12(19(22)26-4)9-16(15)24-2/h5-10H,11H2,1-4H3,(H,20,21). The minimum atomic E-state index is -0.494. The summed E-state index contributed by atoms with van der Waals surface area (Å²) < 4.78 is 25.7. The molecule has 0 aliphatic rings. The van der Waals surface area contributed by atoms with Crippen LogP contribution in [-0.4, -0.2) is 46.9 Å². The topological polar surface area (TPSA) is 92.3 Å². The highest BCUT2D eigenvalue weighted by atomic mass is 16.5. The van der Waals surface area contributed by atoms with Gasteiger partial charge in [0.2, 0.25) is 0 Å². The average molecular weight is 375 g/mol. The van der Waals surface area contributed by atoms with Crippen molar-refractivity contribution in [2.75, 3.05) is 40.4 Å². The minimum Gasteiger partial charge on any atom is -0.493 e. The van der Waals surface area contributed by atoms with Crippen LogP contribution in [0.1, 0.15) is 10.4 Å². The molecule has 0 radical (unpaired) electrons. The highest BCUT2D eigenvalue weighted by Crippen LogP contribution is 2.30. The van der Waals surface area contributed by atoms with Gasteiger partial charge in [-0.05, 0) is 30.3 Å². The van der Waals surface area contributed by atoms with E-state index in [0.717, 1.165) is 0 Å². The number of ether oxygens (including phenoxy) is 5. The van der Waals surface area contributed by atoms with E-state index < -0.39 is 5.97 Å². The Bertz CT molecular complexity index is 820. The SMILES string of the molecule is COC(=O)c1ccc(OCC(=O)Nc2ccc(OC)c(OC)c2)c(OC)c1. The second-order valence-electron chi connectivity index (χ2n) is 5.26. The fourth-order valence-electron chi connectivity index (χ4n) is 2.29. The lowest BCUT2D eigenvalue weighted by atomic mass is 10.2. The van der Waals surface area contributed by atoms with Crippen LogP contribution in [0.2, 0.25) is 0 Å². The summed E-state index contributed by atoms with van der Waals surface area (Å²) in [6, 6.07) is 9.55. The Morgan fingerprint density at radius 2 is 1.44 bits per heavy atom. The number of benzene rings is 2. The summed E-state index contributed by atoms with van der Waals surface area (Å²) in [4.78, 5) is 23.7. The molecule has 2 aromatic carbocycles. The van der Waals surface area contributed by atoms with Crippen LogP contribution in [0, 0.1) is 0 Å². The van der Waals surface area contributed by atoms with Crippen LogP contribution in [0.3, 0.4) is 0 Å². The molecule has 8 nitrogen and oxygen atoms in total. The monoisotopic (exact) mass is 375 g/mol. The van der Waals surface area contributed by atoms with Gasteiger partial charge in [-0.25, -0.2) is 4.79 Å². The first-order valence-corrected chi connectivity index (χ1v) is 7.93. The summed E-state index contributed by atoms with van der Waals surface area (Å²) in [5, 5.41) is 2.70. The zero-order valence-corrected chi connectivity index (χ0v) is 15.5. The zero-order valence-electron chi connectivity index (χ0n) is 15.5. The number of hydrogen-bond donors (Lipinski definition) is 1. The van der Waals surface area contributed by atoms with Crippen LogP contribution >= 0.6 is 0 Å². The van der Waals surface area contributed by atoms with E-state index in [1.807, 2.05) is 0 Å². The van der Waals surface area contributed by atoms with E-state index in [0.29, 0.717) is 34.2 Å². The largest absolute Gasteiger partial charge is 0.493 e. The number of anilines is 1. The lowest BCUT2D eigenvalue weighted by Gasteiger charge is -2.13. The number of carbonyl (C=O) groups is 2. The Kier molecular flexibility index (Phi) is 6.87. The van der Waals surface area contributed by atoms with Crippen molar-refractivity contribution in [3.8, 4) is 23.0 Å². The molecule has 27 heavy (non-hydrogen) atoms. The predicted molar refractivity (Wildman–Crippen MR) is 98.0 cm³/mol. The number of hydrogen-bond acceptors (Lipinski definition) is 7. The van der Waals surface area contributed by atoms with Crippen molar-refractivity contribution in [1.82, 2.24) is 0 Å². The maximum absolute atomic E-state index is 12.1. The van der Waals surface area contributed by atoms with E-state index >= 15 is 0 Å². The molecule has 0 bridgehead atoms. The Morgan fingerprint density at radius 3 is 2.07 bits per heavy atom. The number of amides is 1. The number of methoxy groups -OCH3 is 4. The van der Waals surface area contributed by atoms with Crippen molar-refractivity contribution in [3.05, 3.63) is 42.0 Å². The summed E-state index contributed by atoms with van der Waals surface area (Å²) >= 11 is 0. The van der Waals surface area contributed by atoms with Gasteiger partial charge in [-0.15, -0.1) is 0 Å². The molecule has 0 saturated carbocycles. The van der Waals surface area contributed by atoms with Crippen molar-refractivity contribution >= 4 is 17.6 Å². The van der Waals surface area contributed by atoms with Gasteiger partial charge in [0.05, 0.1) is 34.0 Å². The van der Waals surface area contributed by atoms with Gasteiger partial charge >= 0.3 is 5.97 Å². The Labute approximate surface area is 156 Å². The van der Waals surface area contributed by atoms with E-state index in [2.05, 4.69) is 10.1 Å². The normalized spacial score (nSPS) is 9.93. The second kappa shape index (κ2) is 9.33. The highest BCUT2D eigenvalue weighted by molar-refractivity contribution is 5.92. The van der Waals surface area contributed by atoms with Gasteiger partial charge in [0.15, 0.2) is 29.6 Å². The molecule has 8 heteroatoms. The third kappa shape index (κ3) is 5.04. The smallest absolute Gasteiger partial charge is 0.337 e. The van der Waals surface area contributed by atoms with E-state index in [1.165, 1.54) is 46.6 Å². The van der Waals surface area contributed by atoms with Crippen LogP contribution in [-0.2, 0) is 9.53 Å². The third-order valence-electron chi connectivity index (χ3n) is 3.61. The maximum Gasteiger partial charge on any atom is 0.337 e. The summed E-state index contributed by atoms with van der Waals surface area (Å²) in [6.45, 7) is -0.248. The van der Waals surface area contributed by atoms with Crippen molar-refractivity contribution in [1.29, 1.82) is 0 Å². The molecule has 0 unspecified atom stereocenters. The summed E-state index contributed by atoms with van der Waals surface area (Å²) in [6.07, 6.45) is 0. The molecule has 0 aliphatic carbocycles. The Hall–Kier alpha value is -3.42. The fraction of sp³-hybridized carbons (Fsp3) is 0.263. The Balaban J connectivity index is 2.02. The molecule has 2 aromatic rings. The number of esters is 1. The molecule has 0 saturated heterocycles. The average Bonchev–Trinajstić information content (AvgIpc) is 2.71. The van der Waals surface area contributed by atoms with Gasteiger partial charge in [-0.2, -0.15) is 0 Å². The van der Waals surface area contributed by atoms with Gasteiger partial charge in [-0.3, -0.25) is 4.79 Å². The molecule has 144 valence electrons. The molecule has 0 heterocycles. The predicted octanol–water partition coefficient (Wildman–Crippen LogP) is 2.52. The van der Waals surface area contributed by atoms with Crippen molar-refractivity contribution < 1.29 is 33.3 Å². The molecule has 2 rings (SSSR count). The van der Waals surface area contributed by atoms with Gasteiger partial charge in [0, 0.05) is 11.8 Å². The summed E-state index contributed by atoms with van der Waals surface area (Å²) in [5.41, 5.74) is 0.853. The first-order valence-electron chi connectivity index (χ1n) is 7.93. The van der Waals surface area contributed by atoms with Gasteiger partial charge in [0.1, 0.15) is 0 Å². The second-order valence-corrected chi connectivity index (χ2v) is 5.26. The quantitative estimate of drug-likeness (QED) is 0.709. The van der Waals surface area contributed by atoms with Gasteiger partial charge < -0.3 is 29.0 Å². The van der Waals surface area contributed by atoms with Crippen molar-refractivity contribution in [3.63, 3.8) is 0 Å². The first kappa shape index (κ1) is 19.9. The first-order chi connectivity index (χ1) is 13.0. The van der Waals surface area contributed by atoms with Crippen LogP contribution in [0.25, 0.3) is 0 Å². The summed E-state index contributed by atoms with van der Waals surface area (Å²) in [5.74, 6) is 0.829. The number of rotatable bonds is 8. The summed E-state index contributed by atoms with van der Waals surface area (Å²) in [7, 11) is 5.77. The molecule has 0 fully saturated rings. The van der Waals surface area contributed by atoms with Gasteiger partial charge in [0.25, 0.3) is 5.91 Å². The molecule has 0 atom stereocenters. The van der Waals surface area contributed by atoms with Gasteiger partial charge in [-0.1, -0.05) is 0 Å². The molecular weight excluding hydrogens is 354 g/mol. The molecule has 1 amide bonds. The third-order valence-corrected chi connectivity index (χ3v) is 3.61. The fourth-order valence-corrected chi connectivity index (χ4v) is 2.29. The molecule has 0 aromatic heterocycles. The highest BCUT2D eigenvalue weighted by Gasteiger charge is 2.13. The van der Waals surface area contributed by atoms with E-state index in [4.69, 9.17) is 18.9 Å². The van der Waals surface area contributed by atoms with Crippen LogP contribution in [0.15, 0.2) is 36.4 Å². The maximum atomic E-state index is 12.1. The van der Waals surface area contributed by atoms with Crippen molar-refractivity contribution in [2.24, 2.45) is 0 Å². The Morgan fingerprint density at radius 1 is 0.815 bits per heavy atom. The number of carbonyl (C=O) groups excluding carboxylic acids is 2. The van der Waals surface area contributed by atoms with E-state index in [1.54, 1.807) is 18.2 Å². The van der Waals surface area contributed by atoms with Crippen molar-refractivity contribution in [2.45, 2.75) is 0 Å². The zero-order chi connectivity index (χ0) is 19.8. The lowest BCUT2D eigenvalue weighted by molar-refractivity contribution is -0.118. The van der Waals surface area contributed by atoms with E-state index in [-0.39, 0.29) is 12.5 Å². The number of nitrogens with one attached hydrogen (secondary N) is 1. The van der Waals surface area contributed by atoms with E-state index in [9.17, 15) is 9.59 Å². The van der Waals surface area contributed by atoms with Crippen LogP contribution in [0.4, 0.5) is 5.69 Å². The van der Waals surface area contributed by atoms with Crippen LogP contribution in [0.5, 0.6) is 23.0 Å². The molecule has 0 aliphatic heterocycles. The molecule has 0 spiro atoms. The molecule has 1 N–H and O–H groups in total. The van der Waals surface area contributed by atoms with Crippen LogP contribution < -0.4 is 24.3 Å².